The van der Waals surface area contributed by atoms with E-state index in [4.69, 9.17) is 4.74 Å². The maximum Gasteiger partial charge on any atom is 0.343 e. The Hall–Kier alpha value is -1.39. The van der Waals surface area contributed by atoms with Crippen LogP contribution in [0.1, 0.15) is 38.2 Å². The van der Waals surface area contributed by atoms with Crippen molar-refractivity contribution in [1.82, 2.24) is 4.90 Å². The zero-order valence-corrected chi connectivity index (χ0v) is 12.9. The van der Waals surface area contributed by atoms with Crippen molar-refractivity contribution in [3.05, 3.63) is 35.9 Å². The van der Waals surface area contributed by atoms with Gasteiger partial charge in [-0.15, -0.1) is 0 Å². The average Bonchev–Trinajstić information content (AvgIpc) is 2.90. The molecule has 0 spiro atoms. The van der Waals surface area contributed by atoms with Crippen molar-refractivity contribution in [3.63, 3.8) is 0 Å². The summed E-state index contributed by atoms with van der Waals surface area (Å²) in [5.74, 6) is -0.512. The molecule has 21 heavy (non-hydrogen) atoms. The van der Waals surface area contributed by atoms with Crippen molar-refractivity contribution < 1.29 is 14.6 Å². The molecule has 1 aliphatic heterocycles. The summed E-state index contributed by atoms with van der Waals surface area (Å²) in [5.41, 5.74) is -0.909. The predicted molar refractivity (Wildman–Crippen MR) is 81.9 cm³/mol. The Bertz CT molecular complexity index is 462. The molecule has 1 aromatic rings. The van der Waals surface area contributed by atoms with Crippen molar-refractivity contribution in [2.75, 3.05) is 20.1 Å². The highest BCUT2D eigenvalue weighted by molar-refractivity contribution is 5.81. The molecule has 1 heterocycles. The molecule has 4 heteroatoms. The number of carbonyl (C=O) groups is 1. The summed E-state index contributed by atoms with van der Waals surface area (Å²) in [7, 11) is 2.01. The van der Waals surface area contributed by atoms with E-state index >= 15 is 0 Å². The largest absolute Gasteiger partial charge is 0.459 e. The molecule has 1 fully saturated rings. The van der Waals surface area contributed by atoms with Gasteiger partial charge in [-0.25, -0.2) is 4.79 Å². The van der Waals surface area contributed by atoms with Crippen LogP contribution in [-0.4, -0.2) is 42.2 Å². The maximum atomic E-state index is 12.5. The zero-order chi connectivity index (χ0) is 15.3. The highest BCUT2D eigenvalue weighted by atomic mass is 16.6. The van der Waals surface area contributed by atoms with Gasteiger partial charge in [-0.05, 0) is 31.9 Å². The molecule has 0 aliphatic carbocycles. The molecule has 0 amide bonds. The summed E-state index contributed by atoms with van der Waals surface area (Å²) in [6.45, 7) is 3.71. The molecule has 2 atom stereocenters. The van der Waals surface area contributed by atoms with Crippen LogP contribution in [0.5, 0.6) is 0 Å². The van der Waals surface area contributed by atoms with Crippen LogP contribution in [0.3, 0.4) is 0 Å². The van der Waals surface area contributed by atoms with Crippen LogP contribution in [0.4, 0.5) is 0 Å². The Morgan fingerprint density at radius 1 is 1.43 bits per heavy atom. The molecule has 4 nitrogen and oxygen atoms in total. The molecule has 1 aromatic carbocycles. The molecule has 1 N–H and O–H groups in total. The summed E-state index contributed by atoms with van der Waals surface area (Å²) < 4.78 is 5.57. The standard InChI is InChI=1S/C17H25NO3/c1-3-4-11-17(20,14-8-6-5-7-9-14)16(19)21-15-10-12-18(2)13-15/h5-9,15,20H,3-4,10-13H2,1-2H3. The lowest BCUT2D eigenvalue weighted by atomic mass is 9.88. The highest BCUT2D eigenvalue weighted by Gasteiger charge is 2.40. The van der Waals surface area contributed by atoms with Crippen molar-refractivity contribution in [2.24, 2.45) is 0 Å². The molecule has 2 rings (SSSR count). The van der Waals surface area contributed by atoms with Gasteiger partial charge >= 0.3 is 5.97 Å². The van der Waals surface area contributed by atoms with Crippen LogP contribution >= 0.6 is 0 Å². The van der Waals surface area contributed by atoms with E-state index in [-0.39, 0.29) is 6.10 Å². The lowest BCUT2D eigenvalue weighted by Gasteiger charge is -2.28. The number of hydrogen-bond acceptors (Lipinski definition) is 4. The number of unbranched alkanes of at least 4 members (excludes halogenated alkanes) is 1. The van der Waals surface area contributed by atoms with Gasteiger partial charge in [0.25, 0.3) is 0 Å². The van der Waals surface area contributed by atoms with Gasteiger partial charge in [0, 0.05) is 13.1 Å². The van der Waals surface area contributed by atoms with Gasteiger partial charge in [0.1, 0.15) is 6.10 Å². The fourth-order valence-corrected chi connectivity index (χ4v) is 2.75. The molecular weight excluding hydrogens is 266 g/mol. The molecule has 0 aromatic heterocycles. The van der Waals surface area contributed by atoms with E-state index in [0.717, 1.165) is 32.4 Å². The second kappa shape index (κ2) is 7.05. The van der Waals surface area contributed by atoms with Crippen LogP contribution in [0.2, 0.25) is 0 Å². The Balaban J connectivity index is 2.13. The van der Waals surface area contributed by atoms with E-state index in [9.17, 15) is 9.90 Å². The first-order valence-electron chi connectivity index (χ1n) is 7.74. The van der Waals surface area contributed by atoms with E-state index in [1.165, 1.54) is 0 Å². The molecule has 1 aliphatic rings. The Kier molecular flexibility index (Phi) is 5.37. The third-order valence-corrected chi connectivity index (χ3v) is 4.10. The van der Waals surface area contributed by atoms with Crippen LogP contribution in [-0.2, 0) is 15.1 Å². The van der Waals surface area contributed by atoms with Gasteiger partial charge < -0.3 is 14.7 Å². The Morgan fingerprint density at radius 3 is 2.71 bits per heavy atom. The van der Waals surface area contributed by atoms with Gasteiger partial charge in [-0.1, -0.05) is 43.7 Å². The summed E-state index contributed by atoms with van der Waals surface area (Å²) in [6.07, 6.45) is 2.83. The molecule has 0 bridgehead atoms. The number of esters is 1. The SMILES string of the molecule is CCCCC(O)(C(=O)OC1CCN(C)C1)c1ccccc1. The van der Waals surface area contributed by atoms with Gasteiger partial charge in [0.2, 0.25) is 0 Å². The average molecular weight is 291 g/mol. The Labute approximate surface area is 126 Å². The number of nitrogens with zero attached hydrogens (tertiary/aromatic N) is 1. The van der Waals surface area contributed by atoms with E-state index in [2.05, 4.69) is 4.90 Å². The van der Waals surface area contributed by atoms with Crippen LogP contribution in [0.25, 0.3) is 0 Å². The van der Waals surface area contributed by atoms with Gasteiger partial charge in [0.05, 0.1) is 0 Å². The number of ether oxygens (including phenoxy) is 1. The number of hydrogen-bond donors (Lipinski definition) is 1. The summed E-state index contributed by atoms with van der Waals surface area (Å²) in [5, 5.41) is 10.9. The number of rotatable bonds is 6. The van der Waals surface area contributed by atoms with Gasteiger partial charge in [-0.3, -0.25) is 0 Å². The second-order valence-corrected chi connectivity index (χ2v) is 5.91. The maximum absolute atomic E-state index is 12.5. The fraction of sp³-hybridized carbons (Fsp3) is 0.588. The number of likely N-dealkylation sites (N-methyl/N-ethyl adjacent to an activating group) is 1. The number of carbonyl (C=O) groups excluding carboxylic acids is 1. The molecule has 2 unspecified atom stereocenters. The second-order valence-electron chi connectivity index (χ2n) is 5.91. The minimum Gasteiger partial charge on any atom is -0.459 e. The zero-order valence-electron chi connectivity index (χ0n) is 12.9. The molecule has 116 valence electrons. The third kappa shape index (κ3) is 3.83. The molecule has 1 saturated heterocycles. The van der Waals surface area contributed by atoms with E-state index in [0.29, 0.717) is 12.0 Å². The Morgan fingerprint density at radius 2 is 2.14 bits per heavy atom. The van der Waals surface area contributed by atoms with Crippen molar-refractivity contribution in [1.29, 1.82) is 0 Å². The van der Waals surface area contributed by atoms with Crippen molar-refractivity contribution in [2.45, 2.75) is 44.3 Å². The van der Waals surface area contributed by atoms with Crippen molar-refractivity contribution >= 4 is 5.97 Å². The highest BCUT2D eigenvalue weighted by Crippen LogP contribution is 2.30. The first kappa shape index (κ1) is 16.0. The van der Waals surface area contributed by atoms with Crippen LogP contribution in [0, 0.1) is 0 Å². The minimum absolute atomic E-state index is 0.112. The quantitative estimate of drug-likeness (QED) is 0.817. The smallest absolute Gasteiger partial charge is 0.343 e. The lowest BCUT2D eigenvalue weighted by Crippen LogP contribution is -2.40. The first-order chi connectivity index (χ1) is 10.1. The minimum atomic E-state index is -1.53. The number of likely N-dealkylation sites (tertiary alicyclic amines) is 1. The number of benzene rings is 1. The third-order valence-electron chi connectivity index (χ3n) is 4.10. The van der Waals surface area contributed by atoms with E-state index in [1.807, 2.05) is 32.2 Å². The van der Waals surface area contributed by atoms with Gasteiger partial charge in [-0.2, -0.15) is 0 Å². The lowest BCUT2D eigenvalue weighted by molar-refractivity contribution is -0.173. The number of aliphatic hydroxyl groups is 1. The van der Waals surface area contributed by atoms with Crippen LogP contribution < -0.4 is 0 Å². The normalized spacial score (nSPS) is 22.0. The van der Waals surface area contributed by atoms with Gasteiger partial charge in [0.15, 0.2) is 5.60 Å². The predicted octanol–water partition coefficient (Wildman–Crippen LogP) is 2.31. The fourth-order valence-electron chi connectivity index (χ4n) is 2.75. The van der Waals surface area contributed by atoms with E-state index in [1.54, 1.807) is 12.1 Å². The van der Waals surface area contributed by atoms with Crippen LogP contribution in [0.15, 0.2) is 30.3 Å². The summed E-state index contributed by atoms with van der Waals surface area (Å²) in [4.78, 5) is 14.7. The summed E-state index contributed by atoms with van der Waals surface area (Å²) >= 11 is 0. The topological polar surface area (TPSA) is 49.8 Å². The molecule has 0 saturated carbocycles. The first-order valence-corrected chi connectivity index (χ1v) is 7.74. The molecular formula is C17H25NO3. The molecule has 0 radical (unpaired) electrons. The van der Waals surface area contributed by atoms with Crippen molar-refractivity contribution in [3.8, 4) is 0 Å². The van der Waals surface area contributed by atoms with E-state index < -0.39 is 11.6 Å². The summed E-state index contributed by atoms with van der Waals surface area (Å²) in [6, 6.07) is 9.13. The monoisotopic (exact) mass is 291 g/mol.